The van der Waals surface area contributed by atoms with Crippen LogP contribution in [-0.2, 0) is 4.74 Å². The number of hydrogen-bond acceptors (Lipinski definition) is 6. The standard InChI is InChI=1S/C19H23N5O2/c1-3-22-8-10-23(11-9-22)15-6-4-5-7-16(15)24-13-14(12-20)17(21)18(24)19(25)26-2/h4-7,13H,3,8-11,21H2,1-2H3. The zero-order chi connectivity index (χ0) is 18.7. The summed E-state index contributed by atoms with van der Waals surface area (Å²) in [7, 11) is 1.31. The summed E-state index contributed by atoms with van der Waals surface area (Å²) in [5.41, 5.74) is 8.43. The quantitative estimate of drug-likeness (QED) is 0.844. The Morgan fingerprint density at radius 1 is 1.23 bits per heavy atom. The lowest BCUT2D eigenvalue weighted by atomic mass is 10.2. The van der Waals surface area contributed by atoms with Crippen LogP contribution in [0, 0.1) is 11.3 Å². The van der Waals surface area contributed by atoms with Crippen molar-refractivity contribution in [3.63, 3.8) is 0 Å². The summed E-state index contributed by atoms with van der Waals surface area (Å²) in [5, 5.41) is 9.32. The van der Waals surface area contributed by atoms with Gasteiger partial charge in [0.1, 0.15) is 6.07 Å². The van der Waals surface area contributed by atoms with Gasteiger partial charge in [0.2, 0.25) is 0 Å². The highest BCUT2D eigenvalue weighted by atomic mass is 16.5. The lowest BCUT2D eigenvalue weighted by Crippen LogP contribution is -2.46. The number of aromatic nitrogens is 1. The SMILES string of the molecule is CCN1CCN(c2ccccc2-n2cc(C#N)c(N)c2C(=O)OC)CC1. The number of hydrogen-bond donors (Lipinski definition) is 1. The van der Waals surface area contributed by atoms with E-state index in [1.165, 1.54) is 7.11 Å². The fourth-order valence-corrected chi connectivity index (χ4v) is 3.34. The summed E-state index contributed by atoms with van der Waals surface area (Å²) < 4.78 is 6.55. The molecule has 1 aliphatic rings. The van der Waals surface area contributed by atoms with E-state index in [0.717, 1.165) is 44.1 Å². The molecule has 2 heterocycles. The number of methoxy groups -OCH3 is 1. The first-order chi connectivity index (χ1) is 12.6. The summed E-state index contributed by atoms with van der Waals surface area (Å²) in [4.78, 5) is 17.0. The van der Waals surface area contributed by atoms with Gasteiger partial charge >= 0.3 is 5.97 Å². The Balaban J connectivity index is 2.07. The summed E-state index contributed by atoms with van der Waals surface area (Å²) in [6, 6.07) is 9.88. The molecule has 0 amide bonds. The van der Waals surface area contributed by atoms with Gasteiger partial charge in [-0.15, -0.1) is 0 Å². The Labute approximate surface area is 153 Å². The van der Waals surface area contributed by atoms with Crippen molar-refractivity contribution in [1.82, 2.24) is 9.47 Å². The molecule has 7 heteroatoms. The van der Waals surface area contributed by atoms with E-state index >= 15 is 0 Å². The summed E-state index contributed by atoms with van der Waals surface area (Å²) in [5.74, 6) is -0.561. The molecule has 0 saturated carbocycles. The maximum atomic E-state index is 12.3. The number of para-hydroxylation sites is 2. The number of benzene rings is 1. The van der Waals surface area contributed by atoms with Crippen molar-refractivity contribution in [1.29, 1.82) is 5.26 Å². The zero-order valence-corrected chi connectivity index (χ0v) is 15.1. The molecule has 1 aromatic carbocycles. The average molecular weight is 353 g/mol. The van der Waals surface area contributed by atoms with Crippen molar-refractivity contribution in [3.8, 4) is 11.8 Å². The minimum absolute atomic E-state index is 0.143. The molecule has 0 spiro atoms. The highest BCUT2D eigenvalue weighted by Crippen LogP contribution is 2.31. The number of piperazine rings is 1. The second-order valence-electron chi connectivity index (χ2n) is 6.19. The van der Waals surface area contributed by atoms with Gasteiger partial charge in [0.15, 0.2) is 5.69 Å². The van der Waals surface area contributed by atoms with Crippen LogP contribution in [0.25, 0.3) is 5.69 Å². The smallest absolute Gasteiger partial charge is 0.357 e. The van der Waals surface area contributed by atoms with E-state index in [1.54, 1.807) is 10.8 Å². The van der Waals surface area contributed by atoms with Gasteiger partial charge < -0.3 is 24.8 Å². The average Bonchev–Trinajstić information content (AvgIpc) is 3.03. The summed E-state index contributed by atoms with van der Waals surface area (Å²) in [6.45, 7) is 7.00. The number of nitriles is 1. The first-order valence-corrected chi connectivity index (χ1v) is 8.66. The summed E-state index contributed by atoms with van der Waals surface area (Å²) in [6.07, 6.45) is 1.60. The Hall–Kier alpha value is -2.98. The van der Waals surface area contributed by atoms with E-state index in [9.17, 15) is 10.1 Å². The number of rotatable bonds is 4. The van der Waals surface area contributed by atoms with Crippen molar-refractivity contribution in [3.05, 3.63) is 41.7 Å². The molecule has 2 aromatic rings. The molecule has 0 radical (unpaired) electrons. The number of nitrogen functional groups attached to an aromatic ring is 1. The van der Waals surface area contributed by atoms with Crippen molar-refractivity contribution >= 4 is 17.3 Å². The topological polar surface area (TPSA) is 87.5 Å². The molecule has 7 nitrogen and oxygen atoms in total. The van der Waals surface area contributed by atoms with Crippen LogP contribution < -0.4 is 10.6 Å². The van der Waals surface area contributed by atoms with E-state index in [4.69, 9.17) is 10.5 Å². The lowest BCUT2D eigenvalue weighted by molar-refractivity contribution is 0.0593. The molecule has 0 bridgehead atoms. The zero-order valence-electron chi connectivity index (χ0n) is 15.1. The van der Waals surface area contributed by atoms with E-state index in [0.29, 0.717) is 0 Å². The van der Waals surface area contributed by atoms with Gasteiger partial charge in [-0.3, -0.25) is 0 Å². The van der Waals surface area contributed by atoms with E-state index in [2.05, 4.69) is 16.7 Å². The first-order valence-electron chi connectivity index (χ1n) is 8.66. The third-order valence-electron chi connectivity index (χ3n) is 4.85. The molecule has 3 rings (SSSR count). The molecule has 26 heavy (non-hydrogen) atoms. The van der Waals surface area contributed by atoms with Crippen LogP contribution in [0.1, 0.15) is 23.0 Å². The van der Waals surface area contributed by atoms with E-state index in [1.807, 2.05) is 30.3 Å². The molecule has 0 aliphatic carbocycles. The van der Waals surface area contributed by atoms with Crippen molar-refractivity contribution < 1.29 is 9.53 Å². The number of nitrogens with two attached hydrogens (primary N) is 1. The molecule has 2 N–H and O–H groups in total. The highest BCUT2D eigenvalue weighted by molar-refractivity contribution is 5.96. The Morgan fingerprint density at radius 2 is 1.88 bits per heavy atom. The van der Waals surface area contributed by atoms with Crippen LogP contribution in [0.3, 0.4) is 0 Å². The molecular weight excluding hydrogens is 330 g/mol. The third-order valence-corrected chi connectivity index (χ3v) is 4.85. The molecule has 1 fully saturated rings. The monoisotopic (exact) mass is 353 g/mol. The summed E-state index contributed by atoms with van der Waals surface area (Å²) >= 11 is 0. The van der Waals surface area contributed by atoms with Crippen molar-refractivity contribution in [2.75, 3.05) is 50.5 Å². The van der Waals surface area contributed by atoms with Crippen LogP contribution in [-0.4, -0.2) is 55.3 Å². The molecule has 1 saturated heterocycles. The van der Waals surface area contributed by atoms with Crippen LogP contribution in [0.5, 0.6) is 0 Å². The molecule has 0 atom stereocenters. The van der Waals surface area contributed by atoms with Gasteiger partial charge in [-0.2, -0.15) is 5.26 Å². The lowest BCUT2D eigenvalue weighted by Gasteiger charge is -2.36. The maximum Gasteiger partial charge on any atom is 0.357 e. The predicted octanol–water partition coefficient (Wildman–Crippen LogP) is 1.86. The number of ether oxygens (including phenoxy) is 1. The Bertz CT molecular complexity index is 844. The van der Waals surface area contributed by atoms with Crippen LogP contribution >= 0.6 is 0 Å². The van der Waals surface area contributed by atoms with Gasteiger partial charge in [0, 0.05) is 32.4 Å². The van der Waals surface area contributed by atoms with Gasteiger partial charge in [-0.05, 0) is 18.7 Å². The van der Waals surface area contributed by atoms with Crippen molar-refractivity contribution in [2.45, 2.75) is 6.92 Å². The highest BCUT2D eigenvalue weighted by Gasteiger charge is 2.25. The molecule has 1 aliphatic heterocycles. The molecule has 136 valence electrons. The second-order valence-corrected chi connectivity index (χ2v) is 6.19. The normalized spacial score (nSPS) is 14.9. The van der Waals surface area contributed by atoms with Crippen LogP contribution in [0.2, 0.25) is 0 Å². The number of esters is 1. The van der Waals surface area contributed by atoms with Gasteiger partial charge in [-0.1, -0.05) is 19.1 Å². The van der Waals surface area contributed by atoms with E-state index < -0.39 is 5.97 Å². The minimum Gasteiger partial charge on any atom is -0.464 e. The second kappa shape index (κ2) is 7.50. The van der Waals surface area contributed by atoms with Gasteiger partial charge in [0.25, 0.3) is 0 Å². The fraction of sp³-hybridized carbons (Fsp3) is 0.368. The first kappa shape index (κ1) is 17.8. The van der Waals surface area contributed by atoms with Crippen LogP contribution in [0.4, 0.5) is 11.4 Å². The molecular formula is C19H23N5O2. The van der Waals surface area contributed by atoms with Crippen LogP contribution in [0.15, 0.2) is 30.5 Å². The maximum absolute atomic E-state index is 12.3. The van der Waals surface area contributed by atoms with Gasteiger partial charge in [0.05, 0.1) is 29.7 Å². The van der Waals surface area contributed by atoms with Crippen molar-refractivity contribution in [2.24, 2.45) is 0 Å². The minimum atomic E-state index is -0.561. The Morgan fingerprint density at radius 3 is 2.46 bits per heavy atom. The number of anilines is 2. The molecule has 1 aromatic heterocycles. The number of nitrogens with zero attached hydrogens (tertiary/aromatic N) is 4. The van der Waals surface area contributed by atoms with E-state index in [-0.39, 0.29) is 16.9 Å². The third kappa shape index (κ3) is 3.11. The number of carbonyl (C=O) groups excluding carboxylic acids is 1. The number of carbonyl (C=O) groups is 1. The van der Waals surface area contributed by atoms with Gasteiger partial charge in [-0.25, -0.2) is 4.79 Å². The predicted molar refractivity (Wildman–Crippen MR) is 101 cm³/mol. The Kier molecular flexibility index (Phi) is 5.14. The largest absolute Gasteiger partial charge is 0.464 e. The number of likely N-dealkylation sites (N-methyl/N-ethyl adjacent to an activating group) is 1. The molecule has 0 unspecified atom stereocenters. The fourth-order valence-electron chi connectivity index (χ4n) is 3.34.